The molecule has 4 rings (SSSR count). The number of hydrogen-bond acceptors (Lipinski definition) is 6. The van der Waals surface area contributed by atoms with Crippen LogP contribution in [0.15, 0.2) is 57.6 Å². The van der Waals surface area contributed by atoms with Crippen molar-refractivity contribution in [2.75, 3.05) is 5.33 Å². The molecule has 8 heteroatoms. The summed E-state index contributed by atoms with van der Waals surface area (Å²) in [7, 11) is 0. The highest BCUT2D eigenvalue weighted by Crippen LogP contribution is 2.18. The Morgan fingerprint density at radius 2 is 1.36 bits per heavy atom. The van der Waals surface area contributed by atoms with Crippen molar-refractivity contribution in [3.05, 3.63) is 59.9 Å². The lowest BCUT2D eigenvalue weighted by atomic mass is 10.2. The number of para-hydroxylation sites is 2. The number of aromatic carboxylic acids is 1. The van der Waals surface area contributed by atoms with Gasteiger partial charge in [0.2, 0.25) is 0 Å². The summed E-state index contributed by atoms with van der Waals surface area (Å²) in [4.78, 5) is 21.9. The molecule has 0 aliphatic carbocycles. The Morgan fingerprint density at radius 3 is 1.88 bits per heavy atom. The van der Waals surface area contributed by atoms with Gasteiger partial charge in [0.05, 0.1) is 16.1 Å². The molecular weight excluding hydrogens is 392 g/mol. The van der Waals surface area contributed by atoms with Crippen LogP contribution in [0.5, 0.6) is 0 Å². The summed E-state index contributed by atoms with van der Waals surface area (Å²) >= 11 is 3.09. The average molecular weight is 403 g/mol. The Labute approximate surface area is 149 Å². The largest absolute Gasteiger partial charge is 0.476 e. The van der Waals surface area contributed by atoms with E-state index in [2.05, 4.69) is 26.2 Å². The number of nitrogens with zero attached hydrogens (tertiary/aromatic N) is 2. The van der Waals surface area contributed by atoms with Crippen molar-refractivity contribution in [2.24, 2.45) is 0 Å². The van der Waals surface area contributed by atoms with Gasteiger partial charge in [-0.05, 0) is 24.3 Å². The van der Waals surface area contributed by atoms with Gasteiger partial charge in [0.15, 0.2) is 28.3 Å². The van der Waals surface area contributed by atoms with E-state index in [0.29, 0.717) is 22.2 Å². The predicted molar refractivity (Wildman–Crippen MR) is 93.1 cm³/mol. The van der Waals surface area contributed by atoms with Crippen LogP contribution >= 0.6 is 15.9 Å². The molecule has 126 valence electrons. The molecule has 0 saturated heterocycles. The maximum Gasteiger partial charge on any atom is 0.358 e. The minimum atomic E-state index is -1.07. The third-order valence-electron chi connectivity index (χ3n) is 3.34. The zero-order valence-corrected chi connectivity index (χ0v) is 14.3. The predicted octanol–water partition coefficient (Wildman–Crippen LogP) is 3.93. The minimum Gasteiger partial charge on any atom is -0.476 e. The SMILES string of the molecule is O=C(CBr)c1noc2ccccc12.O=C(O)c1noc2ccccc12. The van der Waals surface area contributed by atoms with E-state index in [-0.39, 0.29) is 16.8 Å². The number of rotatable bonds is 3. The first-order valence-electron chi connectivity index (χ1n) is 7.13. The van der Waals surface area contributed by atoms with Crippen LogP contribution in [0.4, 0.5) is 0 Å². The molecule has 2 aromatic carbocycles. The van der Waals surface area contributed by atoms with Gasteiger partial charge in [0, 0.05) is 0 Å². The molecule has 7 nitrogen and oxygen atoms in total. The molecule has 0 aliphatic heterocycles. The molecule has 0 radical (unpaired) electrons. The summed E-state index contributed by atoms with van der Waals surface area (Å²) in [5.74, 6) is -1.13. The lowest BCUT2D eigenvalue weighted by Crippen LogP contribution is -2.00. The van der Waals surface area contributed by atoms with Crippen molar-refractivity contribution in [3.63, 3.8) is 0 Å². The highest BCUT2D eigenvalue weighted by atomic mass is 79.9. The number of aromatic nitrogens is 2. The third kappa shape index (κ3) is 3.43. The van der Waals surface area contributed by atoms with Crippen molar-refractivity contribution in [1.29, 1.82) is 0 Å². The van der Waals surface area contributed by atoms with Gasteiger partial charge in [-0.15, -0.1) is 0 Å². The van der Waals surface area contributed by atoms with E-state index in [9.17, 15) is 9.59 Å². The number of halogens is 1. The molecule has 0 atom stereocenters. The van der Waals surface area contributed by atoms with Gasteiger partial charge < -0.3 is 14.2 Å². The Morgan fingerprint density at radius 1 is 0.880 bits per heavy atom. The molecule has 2 heterocycles. The molecule has 0 spiro atoms. The van der Waals surface area contributed by atoms with E-state index in [0.717, 1.165) is 5.39 Å². The molecule has 0 unspecified atom stereocenters. The van der Waals surface area contributed by atoms with E-state index in [1.807, 2.05) is 18.2 Å². The lowest BCUT2D eigenvalue weighted by molar-refractivity contribution is 0.0687. The number of fused-ring (bicyclic) bond motifs is 2. The van der Waals surface area contributed by atoms with Crippen molar-refractivity contribution in [3.8, 4) is 0 Å². The summed E-state index contributed by atoms with van der Waals surface area (Å²) in [5.41, 5.74) is 1.50. The van der Waals surface area contributed by atoms with Crippen molar-refractivity contribution < 1.29 is 23.7 Å². The highest BCUT2D eigenvalue weighted by molar-refractivity contribution is 9.09. The van der Waals surface area contributed by atoms with E-state index >= 15 is 0 Å². The van der Waals surface area contributed by atoms with Crippen LogP contribution in [-0.4, -0.2) is 32.5 Å². The Balaban J connectivity index is 0.000000146. The Bertz CT molecular complexity index is 1050. The van der Waals surface area contributed by atoms with E-state index in [4.69, 9.17) is 14.2 Å². The molecule has 25 heavy (non-hydrogen) atoms. The Hall–Kier alpha value is -3.00. The second-order valence-electron chi connectivity index (χ2n) is 4.92. The smallest absolute Gasteiger partial charge is 0.358 e. The van der Waals surface area contributed by atoms with Crippen molar-refractivity contribution >= 4 is 49.6 Å². The van der Waals surface area contributed by atoms with E-state index in [1.165, 1.54) is 0 Å². The first kappa shape index (κ1) is 16.8. The zero-order chi connectivity index (χ0) is 17.8. The molecule has 0 fully saturated rings. The first-order valence-corrected chi connectivity index (χ1v) is 8.25. The fraction of sp³-hybridized carbons (Fsp3) is 0.0588. The molecule has 2 aromatic heterocycles. The number of benzene rings is 2. The van der Waals surface area contributed by atoms with Gasteiger partial charge in [0.25, 0.3) is 0 Å². The maximum atomic E-state index is 11.3. The van der Waals surface area contributed by atoms with Gasteiger partial charge in [0.1, 0.15) is 0 Å². The van der Waals surface area contributed by atoms with Gasteiger partial charge in [-0.25, -0.2) is 4.79 Å². The number of carboxylic acid groups (broad SMARTS) is 1. The number of ketones is 1. The topological polar surface area (TPSA) is 106 Å². The number of carbonyl (C=O) groups excluding carboxylic acids is 1. The van der Waals surface area contributed by atoms with Crippen molar-refractivity contribution in [2.45, 2.75) is 0 Å². The van der Waals surface area contributed by atoms with Crippen molar-refractivity contribution in [1.82, 2.24) is 10.3 Å². The van der Waals surface area contributed by atoms with Gasteiger partial charge in [-0.2, -0.15) is 0 Å². The normalized spacial score (nSPS) is 10.4. The van der Waals surface area contributed by atoms with Crippen LogP contribution in [0.3, 0.4) is 0 Å². The summed E-state index contributed by atoms with van der Waals surface area (Å²) in [6.07, 6.45) is 0. The molecule has 0 aliphatic rings. The van der Waals surface area contributed by atoms with Gasteiger partial charge in [-0.3, -0.25) is 4.79 Å². The number of carbonyl (C=O) groups is 2. The summed E-state index contributed by atoms with van der Waals surface area (Å²) in [6, 6.07) is 14.1. The molecule has 0 bridgehead atoms. The van der Waals surface area contributed by atoms with Crippen LogP contribution in [0.25, 0.3) is 21.9 Å². The number of Topliss-reactive ketones (excluding diaryl/α,β-unsaturated/α-hetero) is 1. The molecule has 0 saturated carbocycles. The van der Waals surface area contributed by atoms with Gasteiger partial charge >= 0.3 is 5.97 Å². The second-order valence-corrected chi connectivity index (χ2v) is 5.48. The fourth-order valence-electron chi connectivity index (χ4n) is 2.19. The Kier molecular flexibility index (Phi) is 4.90. The zero-order valence-electron chi connectivity index (χ0n) is 12.7. The molecule has 1 N–H and O–H groups in total. The quantitative estimate of drug-likeness (QED) is 0.408. The van der Waals surface area contributed by atoms with E-state index in [1.54, 1.807) is 30.3 Å². The number of alkyl halides is 1. The van der Waals surface area contributed by atoms with Crippen LogP contribution in [0.1, 0.15) is 21.0 Å². The van der Waals surface area contributed by atoms with E-state index < -0.39 is 5.97 Å². The summed E-state index contributed by atoms with van der Waals surface area (Å²) in [6.45, 7) is 0. The average Bonchev–Trinajstić information content (AvgIpc) is 3.26. The molecule has 0 amide bonds. The summed E-state index contributed by atoms with van der Waals surface area (Å²) < 4.78 is 9.76. The number of carboxylic acids is 1. The van der Waals surface area contributed by atoms with Crippen LogP contribution < -0.4 is 0 Å². The third-order valence-corrected chi connectivity index (χ3v) is 3.85. The van der Waals surface area contributed by atoms with Crippen LogP contribution in [0, 0.1) is 0 Å². The summed E-state index contributed by atoms with van der Waals surface area (Å²) in [5, 5.41) is 17.4. The molecular formula is C17H11BrN2O5. The van der Waals surface area contributed by atoms with Gasteiger partial charge in [-0.1, -0.05) is 50.5 Å². The monoisotopic (exact) mass is 402 g/mol. The highest BCUT2D eigenvalue weighted by Gasteiger charge is 2.14. The molecule has 4 aromatic rings. The standard InChI is InChI=1S/C9H6BrNO2.C8H5NO3/c10-5-7(12)9-6-3-1-2-4-8(6)13-11-9;10-8(11)7-5-3-1-2-4-6(5)12-9-7/h1-4H,5H2;1-4H,(H,10,11). The fourth-order valence-corrected chi connectivity index (χ4v) is 2.46. The van der Waals surface area contributed by atoms with Crippen LogP contribution in [-0.2, 0) is 0 Å². The second kappa shape index (κ2) is 7.27. The number of hydrogen-bond donors (Lipinski definition) is 1. The maximum absolute atomic E-state index is 11.3. The first-order chi connectivity index (χ1) is 12.1. The minimum absolute atomic E-state index is 0.0365. The lowest BCUT2D eigenvalue weighted by Gasteiger charge is -1.88. The van der Waals surface area contributed by atoms with Crippen LogP contribution in [0.2, 0.25) is 0 Å².